The van der Waals surface area contributed by atoms with Crippen LogP contribution in [0.15, 0.2) is 18.2 Å². The van der Waals surface area contributed by atoms with Crippen molar-refractivity contribution in [2.24, 2.45) is 0 Å². The summed E-state index contributed by atoms with van der Waals surface area (Å²) in [4.78, 5) is 0. The summed E-state index contributed by atoms with van der Waals surface area (Å²) in [6.07, 6.45) is 10.0. The Hall–Kier alpha value is 0.258. The molecule has 0 saturated heterocycles. The van der Waals surface area contributed by atoms with Crippen molar-refractivity contribution in [3.63, 3.8) is 0 Å². The molecule has 0 spiro atoms. The molecular formula is C5H5ClMoO-2. The van der Waals surface area contributed by atoms with Gasteiger partial charge in [0.1, 0.15) is 0 Å². The monoisotopic (exact) mass is 214 g/mol. The van der Waals surface area contributed by atoms with Crippen molar-refractivity contribution in [3.8, 4) is 0 Å². The van der Waals surface area contributed by atoms with E-state index in [9.17, 15) is 0 Å². The summed E-state index contributed by atoms with van der Waals surface area (Å²) in [5, 5.41) is 0. The van der Waals surface area contributed by atoms with Crippen LogP contribution in [0.4, 0.5) is 0 Å². The van der Waals surface area contributed by atoms with Gasteiger partial charge in [0, 0.05) is 0 Å². The second kappa shape index (κ2) is 10.3. The number of allylic oxidation sites excluding steroid dienone is 4. The van der Waals surface area contributed by atoms with Crippen molar-refractivity contribution in [1.29, 1.82) is 0 Å². The molecule has 1 nitrogen and oxygen atoms in total. The first-order valence-electron chi connectivity index (χ1n) is 1.88. The molecule has 0 aromatic rings. The average Bonchev–Trinajstić information content (AvgIpc) is 2.23. The Balaban J connectivity index is 0. The average molecular weight is 212 g/mol. The van der Waals surface area contributed by atoms with Crippen LogP contribution in [-0.2, 0) is 23.2 Å². The van der Waals surface area contributed by atoms with Gasteiger partial charge in [-0.2, -0.15) is 6.08 Å². The van der Waals surface area contributed by atoms with E-state index < -0.39 is 0 Å². The maximum atomic E-state index is 8.26. The molecule has 0 fully saturated rings. The second-order valence-electron chi connectivity index (χ2n) is 1.00. The van der Waals surface area contributed by atoms with Gasteiger partial charge in [0.15, 0.2) is 0 Å². The first-order chi connectivity index (χ1) is 3.50. The third kappa shape index (κ3) is 6.26. The van der Waals surface area contributed by atoms with Gasteiger partial charge in [0.05, 0.1) is 0 Å². The summed E-state index contributed by atoms with van der Waals surface area (Å²) < 4.78 is 8.26. The van der Waals surface area contributed by atoms with Gasteiger partial charge in [-0.25, -0.2) is 12.2 Å². The topological polar surface area (TPSA) is 17.1 Å². The number of hydrogen-bond acceptors (Lipinski definition) is 1. The molecule has 0 N–H and O–H groups in total. The van der Waals surface area contributed by atoms with E-state index in [-0.39, 0.29) is 12.4 Å². The molecule has 0 aromatic heterocycles. The zero-order valence-corrected chi connectivity index (χ0v) is 6.90. The molecule has 0 radical (unpaired) electrons. The molecule has 0 amide bonds. The Labute approximate surface area is 66.5 Å². The first-order valence-corrected chi connectivity index (χ1v) is 2.70. The number of hydrogen-bond donors (Lipinski definition) is 0. The molecule has 0 unspecified atom stereocenters. The quantitative estimate of drug-likeness (QED) is 0.342. The predicted molar refractivity (Wildman–Crippen MR) is 22.3 cm³/mol. The normalized spacial score (nSPS) is 11.5. The van der Waals surface area contributed by atoms with Crippen LogP contribution < -0.4 is 12.4 Å². The Morgan fingerprint density at radius 3 is 2.25 bits per heavy atom. The molecule has 0 bridgehead atoms. The molecule has 3 heteroatoms. The van der Waals surface area contributed by atoms with Gasteiger partial charge in [0.25, 0.3) is 0 Å². The second-order valence-corrected chi connectivity index (χ2v) is 1.00. The van der Waals surface area contributed by atoms with Gasteiger partial charge >= 0.3 is 23.2 Å². The van der Waals surface area contributed by atoms with E-state index in [4.69, 9.17) is 3.40 Å². The van der Waals surface area contributed by atoms with Crippen LogP contribution in [0.5, 0.6) is 0 Å². The molecule has 0 saturated carbocycles. The zero-order chi connectivity index (χ0) is 5.54. The molecule has 1 aliphatic carbocycles. The SMILES string of the molecule is [C-]1=CC=CC1.[Cl-].[O]=[Mo]. The van der Waals surface area contributed by atoms with Crippen LogP contribution in [0, 0.1) is 6.08 Å². The molecule has 0 atom stereocenters. The van der Waals surface area contributed by atoms with Gasteiger partial charge in [-0.3, -0.25) is 6.08 Å². The number of halogens is 1. The van der Waals surface area contributed by atoms with E-state index in [0.717, 1.165) is 6.42 Å². The fraction of sp³-hybridized carbons (Fsp3) is 0.200. The minimum atomic E-state index is 0. The van der Waals surface area contributed by atoms with Gasteiger partial charge in [-0.1, -0.05) is 0 Å². The van der Waals surface area contributed by atoms with Crippen molar-refractivity contribution in [3.05, 3.63) is 24.3 Å². The summed E-state index contributed by atoms with van der Waals surface area (Å²) >= 11 is 0.700. The Bertz CT molecular complexity index is 80.4. The standard InChI is InChI=1S/C5H5.ClH.Mo.O/c1-2-4-5-3-1;;;/h1-3H,4H2;1H;;/q-1;;;/p-1. The Morgan fingerprint density at radius 1 is 1.50 bits per heavy atom. The summed E-state index contributed by atoms with van der Waals surface area (Å²) in [6, 6.07) is 0. The summed E-state index contributed by atoms with van der Waals surface area (Å²) in [5.41, 5.74) is 0. The maximum absolute atomic E-state index is 8.26. The molecule has 0 heterocycles. The van der Waals surface area contributed by atoms with Crippen LogP contribution in [0.3, 0.4) is 0 Å². The third-order valence-electron chi connectivity index (χ3n) is 0.586. The zero-order valence-electron chi connectivity index (χ0n) is 4.13. The van der Waals surface area contributed by atoms with Gasteiger partial charge in [-0.15, -0.1) is 6.42 Å². The molecule has 1 aliphatic rings. The molecular weight excluding hydrogens is 207 g/mol. The van der Waals surface area contributed by atoms with E-state index in [0.29, 0.717) is 19.8 Å². The minimum absolute atomic E-state index is 0. The molecule has 46 valence electrons. The van der Waals surface area contributed by atoms with E-state index >= 15 is 0 Å². The Morgan fingerprint density at radius 2 is 2.12 bits per heavy atom. The summed E-state index contributed by atoms with van der Waals surface area (Å²) in [5.74, 6) is 0. The molecule has 8 heavy (non-hydrogen) atoms. The third-order valence-corrected chi connectivity index (χ3v) is 0.586. The van der Waals surface area contributed by atoms with Crippen LogP contribution in [0.2, 0.25) is 0 Å². The predicted octanol–water partition coefficient (Wildman–Crippen LogP) is -1.81. The van der Waals surface area contributed by atoms with Gasteiger partial charge in [-0.05, 0) is 0 Å². The van der Waals surface area contributed by atoms with E-state index in [1.54, 1.807) is 0 Å². The van der Waals surface area contributed by atoms with Crippen LogP contribution in [0.25, 0.3) is 0 Å². The Kier molecular flexibility index (Phi) is 14.3. The van der Waals surface area contributed by atoms with E-state index in [1.165, 1.54) is 0 Å². The van der Waals surface area contributed by atoms with Crippen molar-refractivity contribution in [2.75, 3.05) is 0 Å². The van der Waals surface area contributed by atoms with Crippen molar-refractivity contribution >= 4 is 0 Å². The molecule has 1 rings (SSSR count). The summed E-state index contributed by atoms with van der Waals surface area (Å²) in [6.45, 7) is 0. The van der Waals surface area contributed by atoms with E-state index in [1.807, 2.05) is 12.2 Å². The van der Waals surface area contributed by atoms with Crippen molar-refractivity contribution in [2.45, 2.75) is 6.42 Å². The van der Waals surface area contributed by atoms with Crippen molar-refractivity contribution < 1.29 is 35.6 Å². The summed E-state index contributed by atoms with van der Waals surface area (Å²) in [7, 11) is 0. The fourth-order valence-corrected chi connectivity index (χ4v) is 0.340. The fourth-order valence-electron chi connectivity index (χ4n) is 0.340. The first kappa shape index (κ1) is 11.1. The van der Waals surface area contributed by atoms with Crippen molar-refractivity contribution in [1.82, 2.24) is 0 Å². The molecule has 0 aliphatic heterocycles. The van der Waals surface area contributed by atoms with Gasteiger partial charge < -0.3 is 12.4 Å². The van der Waals surface area contributed by atoms with Crippen LogP contribution >= 0.6 is 0 Å². The number of rotatable bonds is 0. The molecule has 0 aromatic carbocycles. The van der Waals surface area contributed by atoms with Crippen LogP contribution in [-0.4, -0.2) is 0 Å². The van der Waals surface area contributed by atoms with Crippen LogP contribution in [0.1, 0.15) is 6.42 Å². The van der Waals surface area contributed by atoms with E-state index in [2.05, 4.69) is 12.2 Å². The van der Waals surface area contributed by atoms with Gasteiger partial charge in [0.2, 0.25) is 0 Å².